The van der Waals surface area contributed by atoms with E-state index in [2.05, 4.69) is 0 Å². The number of hydrogen-bond acceptors (Lipinski definition) is 3. The van der Waals surface area contributed by atoms with Crippen LogP contribution in [0.4, 0.5) is 0 Å². The second kappa shape index (κ2) is 4.40. The van der Waals surface area contributed by atoms with E-state index in [1.54, 1.807) is 0 Å². The molecule has 1 saturated carbocycles. The molecule has 0 bridgehead atoms. The van der Waals surface area contributed by atoms with Crippen LogP contribution in [0, 0.1) is 5.41 Å². The molecule has 1 heterocycles. The van der Waals surface area contributed by atoms with Crippen molar-refractivity contribution in [1.29, 1.82) is 0 Å². The molecular formula is C12H22O3. The van der Waals surface area contributed by atoms with Crippen molar-refractivity contribution in [3.63, 3.8) is 0 Å². The zero-order valence-electron chi connectivity index (χ0n) is 9.37. The minimum absolute atomic E-state index is 0.104. The molecule has 0 aromatic heterocycles. The maximum absolute atomic E-state index is 10.6. The van der Waals surface area contributed by atoms with Crippen molar-refractivity contribution in [3.05, 3.63) is 0 Å². The fourth-order valence-corrected chi connectivity index (χ4v) is 3.15. The Morgan fingerprint density at radius 1 is 1.00 bits per heavy atom. The van der Waals surface area contributed by atoms with Crippen molar-refractivity contribution in [2.24, 2.45) is 5.41 Å². The number of aliphatic hydroxyl groups is 2. The van der Waals surface area contributed by atoms with Gasteiger partial charge < -0.3 is 14.9 Å². The third-order valence-electron chi connectivity index (χ3n) is 4.35. The highest BCUT2D eigenvalue weighted by Crippen LogP contribution is 2.47. The Morgan fingerprint density at radius 3 is 2.13 bits per heavy atom. The van der Waals surface area contributed by atoms with Crippen LogP contribution in [0.25, 0.3) is 0 Å². The molecule has 15 heavy (non-hydrogen) atoms. The highest BCUT2D eigenvalue weighted by Gasteiger charge is 2.51. The highest BCUT2D eigenvalue weighted by molar-refractivity contribution is 5.01. The Morgan fingerprint density at radius 2 is 1.67 bits per heavy atom. The van der Waals surface area contributed by atoms with Gasteiger partial charge in [-0.1, -0.05) is 25.7 Å². The Bertz CT molecular complexity index is 201. The lowest BCUT2D eigenvalue weighted by molar-refractivity contribution is -0.118. The van der Waals surface area contributed by atoms with Gasteiger partial charge in [0.05, 0.1) is 18.8 Å². The minimum atomic E-state index is -0.772. The van der Waals surface area contributed by atoms with Gasteiger partial charge in [-0.25, -0.2) is 0 Å². The Balaban J connectivity index is 2.17. The van der Waals surface area contributed by atoms with Crippen LogP contribution in [0.2, 0.25) is 0 Å². The third kappa shape index (κ3) is 1.93. The van der Waals surface area contributed by atoms with Gasteiger partial charge in [0.1, 0.15) is 0 Å². The predicted molar refractivity (Wildman–Crippen MR) is 57.6 cm³/mol. The quantitative estimate of drug-likeness (QED) is 0.684. The maximum atomic E-state index is 10.6. The monoisotopic (exact) mass is 214 g/mol. The van der Waals surface area contributed by atoms with Crippen LogP contribution < -0.4 is 0 Å². The van der Waals surface area contributed by atoms with Gasteiger partial charge in [-0.3, -0.25) is 0 Å². The summed E-state index contributed by atoms with van der Waals surface area (Å²) >= 11 is 0. The van der Waals surface area contributed by atoms with E-state index in [0.717, 1.165) is 25.7 Å². The highest BCUT2D eigenvalue weighted by atomic mass is 16.5. The molecule has 1 aliphatic heterocycles. The Labute approximate surface area is 91.4 Å². The van der Waals surface area contributed by atoms with Crippen LogP contribution in [0.3, 0.4) is 0 Å². The second-order valence-corrected chi connectivity index (χ2v) is 5.19. The molecule has 3 nitrogen and oxygen atoms in total. The van der Waals surface area contributed by atoms with Crippen LogP contribution in [-0.4, -0.2) is 35.6 Å². The zero-order chi connectivity index (χ0) is 10.8. The van der Waals surface area contributed by atoms with Gasteiger partial charge in [0.2, 0.25) is 0 Å². The molecule has 1 aliphatic carbocycles. The van der Waals surface area contributed by atoms with Gasteiger partial charge in [-0.15, -0.1) is 0 Å². The van der Waals surface area contributed by atoms with E-state index in [-0.39, 0.29) is 12.0 Å². The number of ether oxygens (including phenoxy) is 1. The van der Waals surface area contributed by atoms with Crippen molar-refractivity contribution < 1.29 is 14.9 Å². The van der Waals surface area contributed by atoms with E-state index in [1.807, 2.05) is 0 Å². The summed E-state index contributed by atoms with van der Waals surface area (Å²) in [6.45, 7) is 1.15. The normalized spacial score (nSPS) is 36.4. The van der Waals surface area contributed by atoms with E-state index in [1.165, 1.54) is 12.8 Å². The van der Waals surface area contributed by atoms with Crippen molar-refractivity contribution >= 4 is 0 Å². The predicted octanol–water partition coefficient (Wildman–Crippen LogP) is 1.47. The van der Waals surface area contributed by atoms with Crippen molar-refractivity contribution in [1.82, 2.24) is 0 Å². The van der Waals surface area contributed by atoms with E-state index < -0.39 is 5.60 Å². The second-order valence-electron chi connectivity index (χ2n) is 5.19. The number of rotatable bonds is 2. The Kier molecular flexibility index (Phi) is 3.33. The molecular weight excluding hydrogens is 192 g/mol. The lowest BCUT2D eigenvalue weighted by Gasteiger charge is -2.43. The molecule has 0 aromatic rings. The van der Waals surface area contributed by atoms with Gasteiger partial charge in [0, 0.05) is 18.4 Å². The Hall–Kier alpha value is -0.120. The molecule has 1 unspecified atom stereocenters. The van der Waals surface area contributed by atoms with Gasteiger partial charge >= 0.3 is 0 Å². The van der Waals surface area contributed by atoms with Crippen LogP contribution in [0.1, 0.15) is 44.9 Å². The summed E-state index contributed by atoms with van der Waals surface area (Å²) in [5.41, 5.74) is -1.06. The fourth-order valence-electron chi connectivity index (χ4n) is 3.15. The topological polar surface area (TPSA) is 49.7 Å². The van der Waals surface area contributed by atoms with E-state index >= 15 is 0 Å². The fraction of sp³-hybridized carbons (Fsp3) is 1.00. The first kappa shape index (κ1) is 11.4. The SMILES string of the molecule is OCC1(C2(O)CCOC2)CCCCCC1. The van der Waals surface area contributed by atoms with Crippen LogP contribution in [0.5, 0.6) is 0 Å². The molecule has 88 valence electrons. The lowest BCUT2D eigenvalue weighted by Crippen LogP contribution is -2.51. The largest absolute Gasteiger partial charge is 0.396 e. The summed E-state index contributed by atoms with van der Waals surface area (Å²) in [6, 6.07) is 0. The number of aliphatic hydroxyl groups excluding tert-OH is 1. The van der Waals surface area contributed by atoms with Gasteiger partial charge in [-0.05, 0) is 12.8 Å². The van der Waals surface area contributed by atoms with Gasteiger partial charge in [0.25, 0.3) is 0 Å². The molecule has 2 N–H and O–H groups in total. The summed E-state index contributed by atoms with van der Waals surface area (Å²) < 4.78 is 5.32. The summed E-state index contributed by atoms with van der Waals surface area (Å²) in [7, 11) is 0. The van der Waals surface area contributed by atoms with Gasteiger partial charge in [-0.2, -0.15) is 0 Å². The first-order valence-electron chi connectivity index (χ1n) is 6.13. The molecule has 0 spiro atoms. The molecule has 3 heteroatoms. The number of hydrogen-bond donors (Lipinski definition) is 2. The van der Waals surface area contributed by atoms with Crippen molar-refractivity contribution in [3.8, 4) is 0 Å². The molecule has 1 saturated heterocycles. The van der Waals surface area contributed by atoms with E-state index in [0.29, 0.717) is 19.6 Å². The van der Waals surface area contributed by atoms with E-state index in [4.69, 9.17) is 4.74 Å². The molecule has 0 aromatic carbocycles. The molecule has 0 amide bonds. The van der Waals surface area contributed by atoms with Crippen LogP contribution in [-0.2, 0) is 4.74 Å². The summed E-state index contributed by atoms with van der Waals surface area (Å²) in [5, 5.41) is 20.3. The molecule has 2 fully saturated rings. The first-order chi connectivity index (χ1) is 7.22. The maximum Gasteiger partial charge on any atom is 0.0979 e. The summed E-state index contributed by atoms with van der Waals surface area (Å²) in [6.07, 6.45) is 7.31. The molecule has 0 radical (unpaired) electrons. The third-order valence-corrected chi connectivity index (χ3v) is 4.35. The molecule has 2 rings (SSSR count). The van der Waals surface area contributed by atoms with Crippen LogP contribution in [0.15, 0.2) is 0 Å². The standard InChI is InChI=1S/C12H22O3/c13-9-11(5-3-1-2-4-6-11)12(14)7-8-15-10-12/h13-14H,1-10H2. The average Bonchev–Trinajstić information content (AvgIpc) is 2.57. The van der Waals surface area contributed by atoms with E-state index in [9.17, 15) is 10.2 Å². The smallest absolute Gasteiger partial charge is 0.0979 e. The summed E-state index contributed by atoms with van der Waals surface area (Å²) in [4.78, 5) is 0. The van der Waals surface area contributed by atoms with Crippen LogP contribution >= 0.6 is 0 Å². The van der Waals surface area contributed by atoms with Crippen molar-refractivity contribution in [2.75, 3.05) is 19.8 Å². The minimum Gasteiger partial charge on any atom is -0.396 e. The van der Waals surface area contributed by atoms with Gasteiger partial charge in [0.15, 0.2) is 0 Å². The summed E-state index contributed by atoms with van der Waals surface area (Å²) in [5.74, 6) is 0. The molecule has 2 aliphatic rings. The van der Waals surface area contributed by atoms with Crippen molar-refractivity contribution in [2.45, 2.75) is 50.5 Å². The average molecular weight is 214 g/mol. The molecule has 1 atom stereocenters. The zero-order valence-corrected chi connectivity index (χ0v) is 9.37. The lowest BCUT2D eigenvalue weighted by atomic mass is 9.67. The first-order valence-corrected chi connectivity index (χ1v) is 6.13.